The maximum Gasteiger partial charge on any atom is 0.113 e. The van der Waals surface area contributed by atoms with Crippen LogP contribution < -0.4 is 0 Å². The quantitative estimate of drug-likeness (QED) is 0.645. The molecule has 0 amide bonds. The average Bonchev–Trinajstić information content (AvgIpc) is 2.78. The molecule has 3 rings (SSSR count). The SMILES string of the molecule is O.c1ccc(-c2cccc3snnc23)cc1. The van der Waals surface area contributed by atoms with Crippen molar-refractivity contribution in [2.24, 2.45) is 0 Å². The van der Waals surface area contributed by atoms with Crippen LogP contribution in [-0.2, 0) is 0 Å². The summed E-state index contributed by atoms with van der Waals surface area (Å²) in [5, 5.41) is 4.16. The van der Waals surface area contributed by atoms with Crippen LogP contribution in [-0.4, -0.2) is 15.1 Å². The number of nitrogens with zero attached hydrogens (tertiary/aromatic N) is 2. The van der Waals surface area contributed by atoms with Crippen LogP contribution in [0.4, 0.5) is 0 Å². The largest absolute Gasteiger partial charge is 0.412 e. The zero-order valence-corrected chi connectivity index (χ0v) is 9.24. The lowest BCUT2D eigenvalue weighted by molar-refractivity contribution is 0.824. The molecule has 0 bridgehead atoms. The molecule has 0 spiro atoms. The molecule has 1 aromatic heterocycles. The van der Waals surface area contributed by atoms with E-state index in [1.165, 1.54) is 17.1 Å². The summed E-state index contributed by atoms with van der Waals surface area (Å²) in [6.07, 6.45) is 0. The van der Waals surface area contributed by atoms with E-state index in [-0.39, 0.29) is 5.48 Å². The van der Waals surface area contributed by atoms with Crippen molar-refractivity contribution in [3.8, 4) is 11.1 Å². The lowest BCUT2D eigenvalue weighted by Gasteiger charge is -2.00. The van der Waals surface area contributed by atoms with E-state index in [4.69, 9.17) is 0 Å². The summed E-state index contributed by atoms with van der Waals surface area (Å²) < 4.78 is 5.11. The highest BCUT2D eigenvalue weighted by molar-refractivity contribution is 7.13. The number of fused-ring (bicyclic) bond motifs is 1. The molecule has 0 atom stereocenters. The Balaban J connectivity index is 0.000000963. The van der Waals surface area contributed by atoms with E-state index in [1.807, 2.05) is 30.3 Å². The third-order valence-electron chi connectivity index (χ3n) is 2.36. The second kappa shape index (κ2) is 4.38. The lowest BCUT2D eigenvalue weighted by atomic mass is 10.1. The van der Waals surface area contributed by atoms with Gasteiger partial charge in [-0.25, -0.2) is 0 Å². The van der Waals surface area contributed by atoms with Gasteiger partial charge in [0.15, 0.2) is 0 Å². The van der Waals surface area contributed by atoms with Crippen LogP contribution in [0.25, 0.3) is 21.3 Å². The third kappa shape index (κ3) is 1.68. The normalized spacial score (nSPS) is 10.0. The minimum absolute atomic E-state index is 0. The van der Waals surface area contributed by atoms with Gasteiger partial charge in [-0.15, -0.1) is 5.10 Å². The fourth-order valence-electron chi connectivity index (χ4n) is 1.66. The standard InChI is InChI=1S/C12H8N2S.H2O/c1-2-5-9(6-3-1)10-7-4-8-11-12(10)13-14-15-11;/h1-8H;1H2. The summed E-state index contributed by atoms with van der Waals surface area (Å²) in [6, 6.07) is 16.4. The van der Waals surface area contributed by atoms with E-state index >= 15 is 0 Å². The second-order valence-corrected chi connectivity index (χ2v) is 4.08. The van der Waals surface area contributed by atoms with Crippen molar-refractivity contribution in [1.29, 1.82) is 0 Å². The molecule has 3 nitrogen and oxygen atoms in total. The molecule has 2 N–H and O–H groups in total. The zero-order chi connectivity index (χ0) is 10.1. The van der Waals surface area contributed by atoms with Crippen molar-refractivity contribution in [3.63, 3.8) is 0 Å². The minimum Gasteiger partial charge on any atom is -0.412 e. The Morgan fingerprint density at radius 3 is 2.50 bits per heavy atom. The van der Waals surface area contributed by atoms with Gasteiger partial charge >= 0.3 is 0 Å². The van der Waals surface area contributed by atoms with Crippen LogP contribution >= 0.6 is 11.5 Å². The molecule has 0 unspecified atom stereocenters. The number of hydrogen-bond donors (Lipinski definition) is 0. The number of benzene rings is 2. The molecular weight excluding hydrogens is 220 g/mol. The topological polar surface area (TPSA) is 57.3 Å². The first-order valence-electron chi connectivity index (χ1n) is 4.72. The summed E-state index contributed by atoms with van der Waals surface area (Å²) in [5.74, 6) is 0. The van der Waals surface area contributed by atoms with Gasteiger partial charge in [0.1, 0.15) is 5.52 Å². The van der Waals surface area contributed by atoms with Crippen molar-refractivity contribution in [1.82, 2.24) is 9.59 Å². The van der Waals surface area contributed by atoms with Crippen LogP contribution in [0.15, 0.2) is 48.5 Å². The summed E-state index contributed by atoms with van der Waals surface area (Å²) in [4.78, 5) is 0. The Morgan fingerprint density at radius 1 is 0.875 bits per heavy atom. The Hall–Kier alpha value is -1.78. The third-order valence-corrected chi connectivity index (χ3v) is 3.05. The highest BCUT2D eigenvalue weighted by Crippen LogP contribution is 2.28. The van der Waals surface area contributed by atoms with E-state index in [9.17, 15) is 0 Å². The Bertz CT molecular complexity index is 592. The molecular formula is C12H10N2OS. The van der Waals surface area contributed by atoms with Crippen LogP contribution in [0.3, 0.4) is 0 Å². The van der Waals surface area contributed by atoms with Gasteiger partial charge in [-0.05, 0) is 23.2 Å². The molecule has 0 aliphatic carbocycles. The van der Waals surface area contributed by atoms with Crippen molar-refractivity contribution in [2.45, 2.75) is 0 Å². The molecule has 80 valence electrons. The van der Waals surface area contributed by atoms with Gasteiger partial charge < -0.3 is 5.48 Å². The van der Waals surface area contributed by atoms with Gasteiger partial charge in [0.25, 0.3) is 0 Å². The van der Waals surface area contributed by atoms with Crippen LogP contribution in [0.2, 0.25) is 0 Å². The van der Waals surface area contributed by atoms with Crippen molar-refractivity contribution in [2.75, 3.05) is 0 Å². The molecule has 0 saturated carbocycles. The molecule has 3 aromatic rings. The molecule has 0 radical (unpaired) electrons. The highest BCUT2D eigenvalue weighted by Gasteiger charge is 2.05. The van der Waals surface area contributed by atoms with Gasteiger partial charge in [0.2, 0.25) is 0 Å². The second-order valence-electron chi connectivity index (χ2n) is 3.29. The maximum absolute atomic E-state index is 4.16. The minimum atomic E-state index is 0. The predicted octanol–water partition coefficient (Wildman–Crippen LogP) is 2.53. The fraction of sp³-hybridized carbons (Fsp3) is 0. The van der Waals surface area contributed by atoms with Gasteiger partial charge in [0, 0.05) is 5.56 Å². The predicted molar refractivity (Wildman–Crippen MR) is 66.5 cm³/mol. The zero-order valence-electron chi connectivity index (χ0n) is 8.42. The van der Waals surface area contributed by atoms with Gasteiger partial charge in [0.05, 0.1) is 4.70 Å². The summed E-state index contributed by atoms with van der Waals surface area (Å²) in [5.41, 5.74) is 3.34. The molecule has 0 aliphatic rings. The highest BCUT2D eigenvalue weighted by atomic mass is 32.1. The summed E-state index contributed by atoms with van der Waals surface area (Å²) in [7, 11) is 0. The van der Waals surface area contributed by atoms with E-state index in [0.29, 0.717) is 0 Å². The Kier molecular flexibility index (Phi) is 2.94. The summed E-state index contributed by atoms with van der Waals surface area (Å²) in [6.45, 7) is 0. The van der Waals surface area contributed by atoms with E-state index in [0.717, 1.165) is 15.8 Å². The molecule has 16 heavy (non-hydrogen) atoms. The maximum atomic E-state index is 4.16. The molecule has 0 saturated heterocycles. The molecule has 0 aliphatic heterocycles. The first kappa shape index (κ1) is 10.7. The fourth-order valence-corrected chi connectivity index (χ4v) is 2.24. The van der Waals surface area contributed by atoms with Crippen LogP contribution in [0.5, 0.6) is 0 Å². The Morgan fingerprint density at radius 2 is 1.69 bits per heavy atom. The average molecular weight is 230 g/mol. The molecule has 2 aromatic carbocycles. The van der Waals surface area contributed by atoms with E-state index in [2.05, 4.69) is 27.8 Å². The summed E-state index contributed by atoms with van der Waals surface area (Å²) >= 11 is 1.44. The molecule has 0 fully saturated rings. The van der Waals surface area contributed by atoms with Gasteiger partial charge in [-0.2, -0.15) is 0 Å². The number of aromatic nitrogens is 2. The van der Waals surface area contributed by atoms with E-state index in [1.54, 1.807) is 0 Å². The van der Waals surface area contributed by atoms with Gasteiger partial charge in [-0.1, -0.05) is 47.0 Å². The first-order valence-corrected chi connectivity index (χ1v) is 5.49. The van der Waals surface area contributed by atoms with Crippen molar-refractivity contribution in [3.05, 3.63) is 48.5 Å². The number of hydrogen-bond acceptors (Lipinski definition) is 3. The Labute approximate surface area is 96.8 Å². The van der Waals surface area contributed by atoms with E-state index < -0.39 is 0 Å². The molecule has 4 heteroatoms. The molecule has 1 heterocycles. The van der Waals surface area contributed by atoms with Crippen LogP contribution in [0.1, 0.15) is 0 Å². The smallest absolute Gasteiger partial charge is 0.113 e. The number of rotatable bonds is 1. The van der Waals surface area contributed by atoms with Crippen LogP contribution in [0, 0.1) is 0 Å². The monoisotopic (exact) mass is 230 g/mol. The lowest BCUT2D eigenvalue weighted by Crippen LogP contribution is -1.79. The van der Waals surface area contributed by atoms with Gasteiger partial charge in [-0.3, -0.25) is 0 Å². The van der Waals surface area contributed by atoms with Crippen molar-refractivity contribution >= 4 is 21.7 Å². The van der Waals surface area contributed by atoms with Crippen molar-refractivity contribution < 1.29 is 5.48 Å². The first-order chi connectivity index (χ1) is 7.45.